The number of pyridine rings is 1. The number of nitrogens with zero attached hydrogens (tertiary/aromatic N) is 3. The largest absolute Gasteiger partial charge is 3.00 e. The quantitative estimate of drug-likeness (QED) is 0.500. The molecule has 0 amide bonds. The maximum Gasteiger partial charge on any atom is 3.00 e. The molecule has 0 fully saturated rings. The van der Waals surface area contributed by atoms with E-state index in [9.17, 15) is 0 Å². The number of hydrogen-bond donors (Lipinski definition) is 0. The van der Waals surface area contributed by atoms with Gasteiger partial charge in [-0.1, -0.05) is 12.1 Å². The van der Waals surface area contributed by atoms with Gasteiger partial charge in [0.2, 0.25) is 0 Å². The van der Waals surface area contributed by atoms with Gasteiger partial charge in [-0.2, -0.15) is 24.3 Å². The van der Waals surface area contributed by atoms with Gasteiger partial charge in [-0.05, 0) is 23.7 Å². The Morgan fingerprint density at radius 3 is 2.80 bits per heavy atom. The molecule has 4 rings (SSSR count). The van der Waals surface area contributed by atoms with Crippen molar-refractivity contribution in [1.29, 1.82) is 0 Å². The van der Waals surface area contributed by atoms with Gasteiger partial charge in [0.05, 0.1) is 11.0 Å². The summed E-state index contributed by atoms with van der Waals surface area (Å²) in [5.74, 6) is 0.864. The fraction of sp³-hybridized carbons (Fsp3) is 0. The molecule has 0 aliphatic heterocycles. The van der Waals surface area contributed by atoms with Crippen LogP contribution in [-0.2, 0) is 32.7 Å². The monoisotopic (exact) mass is 333 g/mol. The maximum atomic E-state index is 4.64. The second-order valence-corrected chi connectivity index (χ2v) is 4.38. The van der Waals surface area contributed by atoms with Gasteiger partial charge in [0.1, 0.15) is 12.1 Å². The SMILES string of the molecule is [Y+3].[c-]1cccc2ccc(-n3cnc4ccccc43)nc12. The molecule has 0 aliphatic carbocycles. The summed E-state index contributed by atoms with van der Waals surface area (Å²) in [6, 6.07) is 21.1. The minimum atomic E-state index is 0. The van der Waals surface area contributed by atoms with Crippen molar-refractivity contribution in [2.24, 2.45) is 0 Å². The van der Waals surface area contributed by atoms with Crippen LogP contribution in [0.5, 0.6) is 0 Å². The van der Waals surface area contributed by atoms with Gasteiger partial charge in [0.25, 0.3) is 0 Å². The molecule has 0 atom stereocenters. The van der Waals surface area contributed by atoms with Gasteiger partial charge >= 0.3 is 32.7 Å². The van der Waals surface area contributed by atoms with Gasteiger partial charge in [-0.15, -0.1) is 11.5 Å². The summed E-state index contributed by atoms with van der Waals surface area (Å²) in [4.78, 5) is 9.02. The fourth-order valence-electron chi connectivity index (χ4n) is 2.26. The van der Waals surface area contributed by atoms with Crippen LogP contribution >= 0.6 is 0 Å². The topological polar surface area (TPSA) is 30.7 Å². The third kappa shape index (κ3) is 2.17. The van der Waals surface area contributed by atoms with Gasteiger partial charge < -0.3 is 0 Å². The van der Waals surface area contributed by atoms with Crippen LogP contribution in [0.25, 0.3) is 27.8 Å². The van der Waals surface area contributed by atoms with Gasteiger partial charge in [-0.25, -0.2) is 4.98 Å². The number of para-hydroxylation sites is 3. The van der Waals surface area contributed by atoms with Gasteiger partial charge in [0.15, 0.2) is 0 Å². The molecule has 0 aliphatic rings. The van der Waals surface area contributed by atoms with E-state index in [1.807, 2.05) is 59.4 Å². The molecular weight excluding hydrogens is 323 g/mol. The van der Waals surface area contributed by atoms with E-state index in [2.05, 4.69) is 22.1 Å². The molecular formula is C16H10N3Y+2. The van der Waals surface area contributed by atoms with E-state index in [1.165, 1.54) is 0 Å². The molecule has 0 radical (unpaired) electrons. The Morgan fingerprint density at radius 1 is 0.950 bits per heavy atom. The van der Waals surface area contributed by atoms with Crippen molar-refractivity contribution in [3.63, 3.8) is 0 Å². The van der Waals surface area contributed by atoms with Crippen LogP contribution in [0.1, 0.15) is 0 Å². The Labute approximate surface area is 141 Å². The molecule has 90 valence electrons. The first kappa shape index (κ1) is 13.4. The van der Waals surface area contributed by atoms with Crippen molar-refractivity contribution < 1.29 is 32.7 Å². The number of fused-ring (bicyclic) bond motifs is 2. The van der Waals surface area contributed by atoms with Crippen molar-refractivity contribution in [3.8, 4) is 5.82 Å². The zero-order valence-corrected chi connectivity index (χ0v) is 13.5. The van der Waals surface area contributed by atoms with Crippen LogP contribution in [0.3, 0.4) is 0 Å². The molecule has 2 aromatic heterocycles. The zero-order chi connectivity index (χ0) is 12.7. The molecule has 0 saturated carbocycles. The standard InChI is InChI=1S/C16H10N3.Y/c1-2-6-13-12(5-1)9-10-16(18-13)19-11-17-14-7-3-4-8-15(14)19;/h1-5,7-11H;/q-1;+3. The van der Waals surface area contributed by atoms with Crippen molar-refractivity contribution in [2.45, 2.75) is 0 Å². The molecule has 4 heteroatoms. The van der Waals surface area contributed by atoms with E-state index in [4.69, 9.17) is 0 Å². The molecule has 2 aromatic carbocycles. The van der Waals surface area contributed by atoms with Crippen molar-refractivity contribution >= 4 is 21.9 Å². The predicted octanol–water partition coefficient (Wildman–Crippen LogP) is 3.37. The normalized spacial score (nSPS) is 10.6. The molecule has 0 unspecified atom stereocenters. The second kappa shape index (κ2) is 5.43. The molecule has 0 N–H and O–H groups in total. The molecule has 0 spiro atoms. The van der Waals surface area contributed by atoms with Crippen LogP contribution < -0.4 is 0 Å². The van der Waals surface area contributed by atoms with Crippen molar-refractivity contribution in [1.82, 2.24) is 14.5 Å². The van der Waals surface area contributed by atoms with E-state index in [-0.39, 0.29) is 32.7 Å². The first-order chi connectivity index (χ1) is 9.42. The molecule has 3 nitrogen and oxygen atoms in total. The first-order valence-corrected chi connectivity index (χ1v) is 6.12. The molecule has 2 heterocycles. The van der Waals surface area contributed by atoms with E-state index >= 15 is 0 Å². The van der Waals surface area contributed by atoms with Crippen LogP contribution in [0.15, 0.2) is 60.9 Å². The Kier molecular flexibility index (Phi) is 3.64. The maximum absolute atomic E-state index is 4.64. The van der Waals surface area contributed by atoms with E-state index in [0.29, 0.717) is 0 Å². The Hall–Kier alpha value is -1.58. The Morgan fingerprint density at radius 2 is 1.85 bits per heavy atom. The number of imidazole rings is 1. The number of benzene rings is 2. The van der Waals surface area contributed by atoms with Gasteiger partial charge in [-0.3, -0.25) is 9.55 Å². The van der Waals surface area contributed by atoms with Crippen molar-refractivity contribution in [2.75, 3.05) is 0 Å². The zero-order valence-electron chi connectivity index (χ0n) is 10.7. The van der Waals surface area contributed by atoms with Crippen LogP contribution in [0.4, 0.5) is 0 Å². The average molecular weight is 333 g/mol. The van der Waals surface area contributed by atoms with E-state index < -0.39 is 0 Å². The third-order valence-electron chi connectivity index (χ3n) is 3.20. The number of aromatic nitrogens is 3. The summed E-state index contributed by atoms with van der Waals surface area (Å²) >= 11 is 0. The Bertz CT molecular complexity index is 883. The summed E-state index contributed by atoms with van der Waals surface area (Å²) in [6.45, 7) is 0. The minimum Gasteiger partial charge on any atom is -0.283 e. The molecule has 0 saturated heterocycles. The summed E-state index contributed by atoms with van der Waals surface area (Å²) < 4.78 is 2.00. The summed E-state index contributed by atoms with van der Waals surface area (Å²) in [7, 11) is 0. The summed E-state index contributed by atoms with van der Waals surface area (Å²) in [5, 5.41) is 1.09. The number of rotatable bonds is 1. The van der Waals surface area contributed by atoms with Gasteiger partial charge in [0, 0.05) is 0 Å². The Balaban J connectivity index is 0.00000121. The van der Waals surface area contributed by atoms with Crippen LogP contribution in [0, 0.1) is 6.07 Å². The van der Waals surface area contributed by atoms with Crippen LogP contribution in [-0.4, -0.2) is 14.5 Å². The number of hydrogen-bond acceptors (Lipinski definition) is 2. The predicted molar refractivity (Wildman–Crippen MR) is 75.2 cm³/mol. The molecule has 20 heavy (non-hydrogen) atoms. The fourth-order valence-corrected chi connectivity index (χ4v) is 2.26. The minimum absolute atomic E-state index is 0. The van der Waals surface area contributed by atoms with E-state index in [1.54, 1.807) is 0 Å². The van der Waals surface area contributed by atoms with Crippen LogP contribution in [0.2, 0.25) is 0 Å². The summed E-state index contributed by atoms with van der Waals surface area (Å²) in [5.41, 5.74) is 2.91. The van der Waals surface area contributed by atoms with E-state index in [0.717, 1.165) is 27.8 Å². The molecule has 0 bridgehead atoms. The average Bonchev–Trinajstić information content (AvgIpc) is 2.91. The summed E-state index contributed by atoms with van der Waals surface area (Å²) in [6.07, 6.45) is 1.81. The smallest absolute Gasteiger partial charge is 0.283 e. The van der Waals surface area contributed by atoms with Crippen molar-refractivity contribution in [3.05, 3.63) is 67.0 Å². The molecule has 4 aromatic rings. The third-order valence-corrected chi connectivity index (χ3v) is 3.20. The first-order valence-electron chi connectivity index (χ1n) is 6.12. The second-order valence-electron chi connectivity index (χ2n) is 4.38.